The van der Waals surface area contributed by atoms with E-state index in [9.17, 15) is 4.79 Å². The van der Waals surface area contributed by atoms with Crippen molar-refractivity contribution in [3.05, 3.63) is 77.5 Å². The van der Waals surface area contributed by atoms with Gasteiger partial charge < -0.3 is 15.0 Å². The summed E-state index contributed by atoms with van der Waals surface area (Å²) in [6, 6.07) is 19.3. The highest BCUT2D eigenvalue weighted by Crippen LogP contribution is 2.27. The van der Waals surface area contributed by atoms with Gasteiger partial charge in [0.1, 0.15) is 5.69 Å². The maximum atomic E-state index is 12.2. The van der Waals surface area contributed by atoms with Crippen molar-refractivity contribution in [3.8, 4) is 0 Å². The third-order valence-electron chi connectivity index (χ3n) is 5.80. The summed E-state index contributed by atoms with van der Waals surface area (Å²) in [6.07, 6.45) is 7.57. The molecular weight excluding hydrogens is 360 g/mol. The SMILES string of the molecule is COC(=O)c1[nH]c2ccccc2c1CCCCC1CC(c2ccccc2)=CCN1. The van der Waals surface area contributed by atoms with Crippen molar-refractivity contribution in [2.75, 3.05) is 13.7 Å². The molecule has 3 aromatic rings. The summed E-state index contributed by atoms with van der Waals surface area (Å²) in [5, 5.41) is 4.75. The second-order valence-corrected chi connectivity index (χ2v) is 7.67. The molecule has 2 aromatic carbocycles. The van der Waals surface area contributed by atoms with Gasteiger partial charge in [-0.3, -0.25) is 0 Å². The lowest BCUT2D eigenvalue weighted by molar-refractivity contribution is 0.0594. The van der Waals surface area contributed by atoms with Gasteiger partial charge in [-0.15, -0.1) is 0 Å². The van der Waals surface area contributed by atoms with Gasteiger partial charge in [-0.1, -0.05) is 61.0 Å². The lowest BCUT2D eigenvalue weighted by atomic mass is 9.92. The van der Waals surface area contributed by atoms with Crippen molar-refractivity contribution < 1.29 is 9.53 Å². The lowest BCUT2D eigenvalue weighted by Crippen LogP contribution is -2.32. The van der Waals surface area contributed by atoms with E-state index >= 15 is 0 Å². The molecule has 0 amide bonds. The molecule has 1 unspecified atom stereocenters. The van der Waals surface area contributed by atoms with Crippen LogP contribution in [0.5, 0.6) is 0 Å². The van der Waals surface area contributed by atoms with Gasteiger partial charge in [-0.05, 0) is 48.4 Å². The smallest absolute Gasteiger partial charge is 0.354 e. The second-order valence-electron chi connectivity index (χ2n) is 7.67. The Bertz CT molecular complexity index is 1000. The average molecular weight is 389 g/mol. The minimum absolute atomic E-state index is 0.289. The number of hydrogen-bond acceptors (Lipinski definition) is 3. The fourth-order valence-electron chi connectivity index (χ4n) is 4.29. The number of esters is 1. The van der Waals surface area contributed by atoms with Crippen LogP contribution in [-0.4, -0.2) is 30.6 Å². The lowest BCUT2D eigenvalue weighted by Gasteiger charge is -2.24. The van der Waals surface area contributed by atoms with Gasteiger partial charge in [0.15, 0.2) is 0 Å². The van der Waals surface area contributed by atoms with Crippen LogP contribution in [0.2, 0.25) is 0 Å². The largest absolute Gasteiger partial charge is 0.464 e. The van der Waals surface area contributed by atoms with Gasteiger partial charge in [0.25, 0.3) is 0 Å². The topological polar surface area (TPSA) is 54.1 Å². The van der Waals surface area contributed by atoms with Gasteiger partial charge in [-0.25, -0.2) is 4.79 Å². The summed E-state index contributed by atoms with van der Waals surface area (Å²) in [4.78, 5) is 15.4. The summed E-state index contributed by atoms with van der Waals surface area (Å²) in [5.41, 5.74) is 5.45. The zero-order valence-corrected chi connectivity index (χ0v) is 16.9. The van der Waals surface area contributed by atoms with Crippen LogP contribution in [0.1, 0.15) is 47.3 Å². The predicted molar refractivity (Wildman–Crippen MR) is 118 cm³/mol. The van der Waals surface area contributed by atoms with Crippen LogP contribution in [0.25, 0.3) is 16.5 Å². The number of benzene rings is 2. The Kier molecular flexibility index (Phi) is 6.11. The Morgan fingerprint density at radius 1 is 1.07 bits per heavy atom. The number of unbranched alkanes of at least 4 members (excludes halogenated alkanes) is 1. The molecule has 0 saturated carbocycles. The third kappa shape index (κ3) is 4.43. The van der Waals surface area contributed by atoms with Crippen molar-refractivity contribution in [1.29, 1.82) is 0 Å². The molecule has 0 aliphatic carbocycles. The Labute approximate surface area is 172 Å². The van der Waals surface area contributed by atoms with Crippen molar-refractivity contribution in [1.82, 2.24) is 10.3 Å². The van der Waals surface area contributed by atoms with Gasteiger partial charge in [0.05, 0.1) is 7.11 Å². The van der Waals surface area contributed by atoms with Crippen LogP contribution in [0, 0.1) is 0 Å². The number of para-hydroxylation sites is 1. The molecule has 0 bridgehead atoms. The number of ether oxygens (including phenoxy) is 1. The number of fused-ring (bicyclic) bond motifs is 1. The van der Waals surface area contributed by atoms with Crippen molar-refractivity contribution >= 4 is 22.4 Å². The standard InChI is InChI=1S/C25H28N2O2/c1-29-25(28)24-22(21-12-7-8-14-23(21)27-24)13-6-5-11-20-17-19(15-16-26-20)18-9-3-2-4-10-18/h2-4,7-10,12,14-15,20,26-27H,5-6,11,13,16-17H2,1H3. The Morgan fingerprint density at radius 2 is 1.86 bits per heavy atom. The van der Waals surface area contributed by atoms with E-state index in [-0.39, 0.29) is 5.97 Å². The van der Waals surface area contributed by atoms with E-state index in [4.69, 9.17) is 4.74 Å². The molecule has 4 heteroatoms. The number of nitrogens with one attached hydrogen (secondary N) is 2. The van der Waals surface area contributed by atoms with Crippen molar-refractivity contribution in [2.24, 2.45) is 0 Å². The van der Waals surface area contributed by atoms with Crippen LogP contribution in [0.15, 0.2) is 60.7 Å². The van der Waals surface area contributed by atoms with E-state index in [2.05, 4.69) is 52.8 Å². The Balaban J connectivity index is 1.35. The van der Waals surface area contributed by atoms with Crippen LogP contribution in [0.4, 0.5) is 0 Å². The number of rotatable bonds is 7. The zero-order valence-electron chi connectivity index (χ0n) is 16.9. The molecule has 1 atom stereocenters. The van der Waals surface area contributed by atoms with Gasteiger partial charge >= 0.3 is 5.97 Å². The minimum Gasteiger partial charge on any atom is -0.464 e. The first-order valence-electron chi connectivity index (χ1n) is 10.4. The van der Waals surface area contributed by atoms with E-state index in [1.807, 2.05) is 18.2 Å². The van der Waals surface area contributed by atoms with Crippen molar-refractivity contribution in [3.63, 3.8) is 0 Å². The molecule has 0 radical (unpaired) electrons. The zero-order chi connectivity index (χ0) is 20.1. The highest BCUT2D eigenvalue weighted by molar-refractivity contribution is 5.98. The normalized spacial score (nSPS) is 16.6. The first-order valence-corrected chi connectivity index (χ1v) is 10.4. The Morgan fingerprint density at radius 3 is 2.69 bits per heavy atom. The molecule has 4 rings (SSSR count). The third-order valence-corrected chi connectivity index (χ3v) is 5.80. The van der Waals surface area contributed by atoms with Gasteiger partial charge in [0.2, 0.25) is 0 Å². The van der Waals surface area contributed by atoms with E-state index in [1.165, 1.54) is 18.2 Å². The van der Waals surface area contributed by atoms with Crippen LogP contribution < -0.4 is 5.32 Å². The van der Waals surface area contributed by atoms with E-state index in [1.54, 1.807) is 0 Å². The Hall–Kier alpha value is -2.85. The second kappa shape index (κ2) is 9.10. The number of aromatic nitrogens is 1. The van der Waals surface area contributed by atoms with E-state index in [0.29, 0.717) is 11.7 Å². The summed E-state index contributed by atoms with van der Waals surface area (Å²) >= 11 is 0. The molecule has 1 aliphatic heterocycles. The number of carbonyl (C=O) groups excluding carboxylic acids is 1. The first-order chi connectivity index (χ1) is 14.3. The van der Waals surface area contributed by atoms with Gasteiger partial charge in [-0.2, -0.15) is 0 Å². The number of carbonyl (C=O) groups is 1. The summed E-state index contributed by atoms with van der Waals surface area (Å²) < 4.78 is 4.98. The fraction of sp³-hybridized carbons (Fsp3) is 0.320. The molecule has 29 heavy (non-hydrogen) atoms. The molecule has 1 aromatic heterocycles. The molecule has 0 spiro atoms. The molecule has 2 N–H and O–H groups in total. The maximum Gasteiger partial charge on any atom is 0.354 e. The van der Waals surface area contributed by atoms with Crippen LogP contribution >= 0.6 is 0 Å². The summed E-state index contributed by atoms with van der Waals surface area (Å²) in [5.74, 6) is -0.289. The number of methoxy groups -OCH3 is 1. The highest BCUT2D eigenvalue weighted by atomic mass is 16.5. The van der Waals surface area contributed by atoms with Gasteiger partial charge in [0, 0.05) is 23.5 Å². The molecule has 2 heterocycles. The molecule has 4 nitrogen and oxygen atoms in total. The number of aromatic amines is 1. The summed E-state index contributed by atoms with van der Waals surface area (Å²) in [7, 11) is 1.43. The highest BCUT2D eigenvalue weighted by Gasteiger charge is 2.19. The molecular formula is C25H28N2O2. The number of H-pyrrole nitrogens is 1. The molecule has 0 fully saturated rings. The summed E-state index contributed by atoms with van der Waals surface area (Å²) in [6.45, 7) is 0.934. The quantitative estimate of drug-likeness (QED) is 0.437. The van der Waals surface area contributed by atoms with E-state index < -0.39 is 0 Å². The van der Waals surface area contributed by atoms with Crippen molar-refractivity contribution in [2.45, 2.75) is 38.1 Å². The number of hydrogen-bond donors (Lipinski definition) is 2. The van der Waals surface area contributed by atoms with Crippen LogP contribution in [0.3, 0.4) is 0 Å². The molecule has 0 saturated heterocycles. The van der Waals surface area contributed by atoms with E-state index in [0.717, 1.165) is 55.1 Å². The maximum absolute atomic E-state index is 12.2. The minimum atomic E-state index is -0.289. The van der Waals surface area contributed by atoms with Crippen LogP contribution in [-0.2, 0) is 11.2 Å². The molecule has 1 aliphatic rings. The number of aryl methyl sites for hydroxylation is 1. The first kappa shape index (κ1) is 19.5. The fourth-order valence-corrected chi connectivity index (χ4v) is 4.29. The molecule has 150 valence electrons. The predicted octanol–water partition coefficient (Wildman–Crippen LogP) is 5.11. The average Bonchev–Trinajstić information content (AvgIpc) is 3.15. The monoisotopic (exact) mass is 388 g/mol.